The first-order valence-electron chi connectivity index (χ1n) is 10.1. The normalized spacial score (nSPS) is 11.7. The van der Waals surface area contributed by atoms with E-state index < -0.39 is 36.0 Å². The van der Waals surface area contributed by atoms with Crippen molar-refractivity contribution in [3.63, 3.8) is 0 Å². The number of carbonyl (C=O) groups excluding carboxylic acids is 2. The fourth-order valence-corrected chi connectivity index (χ4v) is 2.77. The Balaban J connectivity index is 0.00000265. The number of benzene rings is 2. The van der Waals surface area contributed by atoms with Gasteiger partial charge in [-0.1, -0.05) is 43.7 Å². The first kappa shape index (κ1) is 27.1. The van der Waals surface area contributed by atoms with Crippen molar-refractivity contribution in [3.05, 3.63) is 65.7 Å². The average molecular weight is 462 g/mol. The highest BCUT2D eigenvalue weighted by Crippen LogP contribution is 2.15. The SMILES string of the molecule is CCC[C@H](NC(=O)N[C@@H](Cc1ccc(OC(=O)c2ccccc2)cc1)C(=O)O)C(=O)O.CF. The molecule has 0 unspecified atom stereocenters. The Hall–Kier alpha value is -3.95. The van der Waals surface area contributed by atoms with Crippen molar-refractivity contribution in [2.45, 2.75) is 38.3 Å². The molecule has 2 amide bonds. The quantitative estimate of drug-likeness (QED) is 0.314. The summed E-state index contributed by atoms with van der Waals surface area (Å²) in [5.41, 5.74) is 0.978. The van der Waals surface area contributed by atoms with E-state index in [9.17, 15) is 28.7 Å². The number of carbonyl (C=O) groups is 4. The molecule has 0 spiro atoms. The molecule has 4 N–H and O–H groups in total. The molecule has 0 saturated heterocycles. The Bertz CT molecular complexity index is 920. The number of esters is 1. The fourth-order valence-electron chi connectivity index (χ4n) is 2.77. The first-order chi connectivity index (χ1) is 15.8. The lowest BCUT2D eigenvalue weighted by molar-refractivity contribution is -0.139. The van der Waals surface area contributed by atoms with Gasteiger partial charge in [0, 0.05) is 6.42 Å². The average Bonchev–Trinajstić information content (AvgIpc) is 2.81. The van der Waals surface area contributed by atoms with Crippen molar-refractivity contribution in [1.29, 1.82) is 0 Å². The van der Waals surface area contributed by atoms with Gasteiger partial charge in [0.1, 0.15) is 17.8 Å². The standard InChI is InChI=1S/C22H24N2O7.CH3F/c1-2-6-17(19(25)26)23-22(30)24-18(20(27)28)13-14-9-11-16(12-10-14)31-21(29)15-7-4-3-5-8-15;1-2/h3-5,7-12,17-18H,2,6,13H2,1H3,(H,25,26)(H,27,28)(H2,23,24,30);1H3/t17-,18-;/m0./s1. The number of urea groups is 1. The van der Waals surface area contributed by atoms with E-state index in [1.165, 1.54) is 12.1 Å². The van der Waals surface area contributed by atoms with Crippen molar-refractivity contribution in [2.75, 3.05) is 7.18 Å². The zero-order valence-corrected chi connectivity index (χ0v) is 18.3. The fraction of sp³-hybridized carbons (Fsp3) is 0.304. The third-order valence-corrected chi connectivity index (χ3v) is 4.37. The Morgan fingerprint density at radius 3 is 1.94 bits per heavy atom. The summed E-state index contributed by atoms with van der Waals surface area (Å²) in [6.45, 7) is 1.77. The maximum Gasteiger partial charge on any atom is 0.343 e. The van der Waals surface area contributed by atoms with E-state index in [0.29, 0.717) is 30.5 Å². The molecule has 2 aromatic rings. The van der Waals surface area contributed by atoms with Crippen LogP contribution in [0, 0.1) is 0 Å². The van der Waals surface area contributed by atoms with Gasteiger partial charge in [0.25, 0.3) is 0 Å². The number of amides is 2. The number of hydrogen-bond acceptors (Lipinski definition) is 5. The van der Waals surface area contributed by atoms with Crippen LogP contribution < -0.4 is 15.4 Å². The van der Waals surface area contributed by atoms with Gasteiger partial charge < -0.3 is 25.6 Å². The van der Waals surface area contributed by atoms with Gasteiger partial charge in [-0.3, -0.25) is 4.39 Å². The molecule has 0 radical (unpaired) electrons. The molecule has 33 heavy (non-hydrogen) atoms. The third kappa shape index (κ3) is 9.38. The number of carboxylic acids is 2. The number of aliphatic carboxylic acids is 2. The van der Waals surface area contributed by atoms with Gasteiger partial charge in [0.2, 0.25) is 0 Å². The summed E-state index contributed by atoms with van der Waals surface area (Å²) in [6.07, 6.45) is 0.728. The van der Waals surface area contributed by atoms with E-state index in [1.807, 2.05) is 0 Å². The van der Waals surface area contributed by atoms with Crippen LogP contribution >= 0.6 is 0 Å². The van der Waals surface area contributed by atoms with Crippen LogP contribution in [0.5, 0.6) is 5.75 Å². The maximum absolute atomic E-state index is 12.1. The summed E-state index contributed by atoms with van der Waals surface area (Å²) in [7, 11) is 0.500. The largest absolute Gasteiger partial charge is 0.480 e. The van der Waals surface area contributed by atoms with E-state index >= 15 is 0 Å². The number of carboxylic acid groups (broad SMARTS) is 2. The minimum Gasteiger partial charge on any atom is -0.480 e. The number of alkyl halides is 1. The molecule has 10 heteroatoms. The molecule has 178 valence electrons. The van der Waals surface area contributed by atoms with Gasteiger partial charge in [0.15, 0.2) is 0 Å². The van der Waals surface area contributed by atoms with Crippen molar-refractivity contribution in [3.8, 4) is 5.75 Å². The molecule has 2 aromatic carbocycles. The topological polar surface area (TPSA) is 142 Å². The summed E-state index contributed by atoms with van der Waals surface area (Å²) in [4.78, 5) is 46.8. The molecule has 9 nitrogen and oxygen atoms in total. The zero-order valence-electron chi connectivity index (χ0n) is 18.3. The Kier molecular flexibility index (Phi) is 11.6. The molecule has 0 aliphatic rings. The van der Waals surface area contributed by atoms with Gasteiger partial charge in [-0.2, -0.15) is 0 Å². The van der Waals surface area contributed by atoms with E-state index in [1.54, 1.807) is 49.4 Å². The number of rotatable bonds is 10. The third-order valence-electron chi connectivity index (χ3n) is 4.37. The molecule has 0 bridgehead atoms. The van der Waals surface area contributed by atoms with Crippen molar-refractivity contribution in [2.24, 2.45) is 0 Å². The van der Waals surface area contributed by atoms with E-state index in [0.717, 1.165) is 0 Å². The van der Waals surface area contributed by atoms with Crippen LogP contribution in [-0.4, -0.2) is 53.4 Å². The lowest BCUT2D eigenvalue weighted by Gasteiger charge is -2.18. The number of hydrogen-bond donors (Lipinski definition) is 4. The second kappa shape index (κ2) is 14.2. The number of halogens is 1. The minimum atomic E-state index is -1.27. The summed E-state index contributed by atoms with van der Waals surface area (Å²) >= 11 is 0. The highest BCUT2D eigenvalue weighted by atomic mass is 19.1. The van der Waals surface area contributed by atoms with Gasteiger partial charge >= 0.3 is 23.9 Å². The maximum atomic E-state index is 12.1. The summed E-state index contributed by atoms with van der Waals surface area (Å²) in [5, 5.41) is 23.0. The van der Waals surface area contributed by atoms with Crippen LogP contribution in [0.4, 0.5) is 9.18 Å². The predicted molar refractivity (Wildman–Crippen MR) is 118 cm³/mol. The highest BCUT2D eigenvalue weighted by Gasteiger charge is 2.24. The van der Waals surface area contributed by atoms with Gasteiger partial charge in [0.05, 0.1) is 12.7 Å². The molecule has 0 aliphatic heterocycles. The monoisotopic (exact) mass is 462 g/mol. The van der Waals surface area contributed by atoms with Crippen LogP contribution in [0.15, 0.2) is 54.6 Å². The van der Waals surface area contributed by atoms with Crippen LogP contribution in [0.25, 0.3) is 0 Å². The summed E-state index contributed by atoms with van der Waals surface area (Å²) in [6, 6.07) is 11.4. The van der Waals surface area contributed by atoms with Crippen LogP contribution in [-0.2, 0) is 16.0 Å². The van der Waals surface area contributed by atoms with Crippen LogP contribution in [0.3, 0.4) is 0 Å². The summed E-state index contributed by atoms with van der Waals surface area (Å²) in [5.74, 6) is -2.68. The van der Waals surface area contributed by atoms with E-state index in [-0.39, 0.29) is 12.8 Å². The number of nitrogens with one attached hydrogen (secondary N) is 2. The molecular formula is C23H27FN2O7. The van der Waals surface area contributed by atoms with Gasteiger partial charge in [-0.05, 0) is 36.2 Å². The Labute approximate surface area is 190 Å². The first-order valence-corrected chi connectivity index (χ1v) is 10.1. The molecular weight excluding hydrogens is 435 g/mol. The van der Waals surface area contributed by atoms with Crippen molar-refractivity contribution in [1.82, 2.24) is 10.6 Å². The number of ether oxygens (including phenoxy) is 1. The van der Waals surface area contributed by atoms with Crippen molar-refractivity contribution >= 4 is 23.9 Å². The zero-order chi connectivity index (χ0) is 24.8. The Morgan fingerprint density at radius 2 is 1.42 bits per heavy atom. The lowest BCUT2D eigenvalue weighted by Crippen LogP contribution is -2.51. The second-order valence-corrected chi connectivity index (χ2v) is 6.79. The molecule has 2 atom stereocenters. The van der Waals surface area contributed by atoms with Gasteiger partial charge in [-0.15, -0.1) is 0 Å². The predicted octanol–water partition coefficient (Wildman–Crippen LogP) is 3.04. The second-order valence-electron chi connectivity index (χ2n) is 6.79. The molecule has 0 aromatic heterocycles. The Morgan fingerprint density at radius 1 is 0.879 bits per heavy atom. The van der Waals surface area contributed by atoms with Crippen LogP contribution in [0.2, 0.25) is 0 Å². The highest BCUT2D eigenvalue weighted by molar-refractivity contribution is 5.91. The van der Waals surface area contributed by atoms with Crippen LogP contribution in [0.1, 0.15) is 35.7 Å². The van der Waals surface area contributed by atoms with Crippen molar-refractivity contribution < 1.29 is 38.5 Å². The lowest BCUT2D eigenvalue weighted by atomic mass is 10.1. The molecule has 2 rings (SSSR count). The minimum absolute atomic E-state index is 0.0405. The van der Waals surface area contributed by atoms with Gasteiger partial charge in [-0.25, -0.2) is 19.2 Å². The molecule has 0 aliphatic carbocycles. The summed E-state index contributed by atoms with van der Waals surface area (Å²) < 4.78 is 14.8. The van der Waals surface area contributed by atoms with E-state index in [4.69, 9.17) is 9.84 Å². The molecule has 0 heterocycles. The van der Waals surface area contributed by atoms with E-state index in [2.05, 4.69) is 10.6 Å². The smallest absolute Gasteiger partial charge is 0.343 e. The molecule has 0 saturated carbocycles. The molecule has 0 fully saturated rings.